The van der Waals surface area contributed by atoms with Gasteiger partial charge in [-0.1, -0.05) is 0 Å². The van der Waals surface area contributed by atoms with Gasteiger partial charge in [0, 0.05) is 30.2 Å². The molecule has 5 heteroatoms. The van der Waals surface area contributed by atoms with Gasteiger partial charge in [-0.2, -0.15) is 0 Å². The molecule has 1 aromatic carbocycles. The SMILES string of the molecule is COc1cc(CNCc2cnc(C)s2)cc(OC)c1. The Balaban J connectivity index is 1.95. The molecule has 0 fully saturated rings. The Hall–Kier alpha value is -1.59. The summed E-state index contributed by atoms with van der Waals surface area (Å²) in [5, 5.41) is 4.49. The number of nitrogens with one attached hydrogen (secondary N) is 1. The molecule has 1 heterocycles. The molecule has 2 rings (SSSR count). The Kier molecular flexibility index (Phi) is 4.76. The molecule has 0 aliphatic heterocycles. The highest BCUT2D eigenvalue weighted by Crippen LogP contribution is 2.22. The van der Waals surface area contributed by atoms with E-state index >= 15 is 0 Å². The van der Waals surface area contributed by atoms with Gasteiger partial charge in [-0.25, -0.2) is 4.98 Å². The summed E-state index contributed by atoms with van der Waals surface area (Å²) >= 11 is 1.72. The van der Waals surface area contributed by atoms with Crippen molar-refractivity contribution in [1.82, 2.24) is 10.3 Å². The monoisotopic (exact) mass is 278 g/mol. The molecule has 0 radical (unpaired) electrons. The van der Waals surface area contributed by atoms with Gasteiger partial charge in [-0.15, -0.1) is 11.3 Å². The highest BCUT2D eigenvalue weighted by atomic mass is 32.1. The summed E-state index contributed by atoms with van der Waals surface area (Å²) in [7, 11) is 3.32. The van der Waals surface area contributed by atoms with E-state index < -0.39 is 0 Å². The zero-order valence-corrected chi connectivity index (χ0v) is 12.2. The van der Waals surface area contributed by atoms with Crippen LogP contribution < -0.4 is 14.8 Å². The van der Waals surface area contributed by atoms with Crippen molar-refractivity contribution in [3.05, 3.63) is 39.8 Å². The minimum Gasteiger partial charge on any atom is -0.497 e. The summed E-state index contributed by atoms with van der Waals surface area (Å²) in [5.74, 6) is 1.62. The summed E-state index contributed by atoms with van der Waals surface area (Å²) in [5.41, 5.74) is 1.14. The lowest BCUT2D eigenvalue weighted by atomic mass is 10.2. The average Bonchev–Trinajstić information content (AvgIpc) is 2.84. The van der Waals surface area contributed by atoms with Gasteiger partial charge < -0.3 is 14.8 Å². The average molecular weight is 278 g/mol. The maximum atomic E-state index is 5.25. The fourth-order valence-electron chi connectivity index (χ4n) is 1.79. The number of hydrogen-bond donors (Lipinski definition) is 1. The number of aromatic nitrogens is 1. The van der Waals surface area contributed by atoms with Gasteiger partial charge >= 0.3 is 0 Å². The summed E-state index contributed by atoms with van der Waals surface area (Å²) in [6.45, 7) is 3.61. The van der Waals surface area contributed by atoms with Crippen LogP contribution in [0.15, 0.2) is 24.4 Å². The number of methoxy groups -OCH3 is 2. The lowest BCUT2D eigenvalue weighted by molar-refractivity contribution is 0.393. The second-order valence-electron chi connectivity index (χ2n) is 4.17. The first-order valence-corrected chi connectivity index (χ1v) is 6.87. The summed E-state index contributed by atoms with van der Waals surface area (Å²) in [6.07, 6.45) is 1.92. The van der Waals surface area contributed by atoms with E-state index in [-0.39, 0.29) is 0 Å². The predicted molar refractivity (Wildman–Crippen MR) is 76.9 cm³/mol. The zero-order chi connectivity index (χ0) is 13.7. The van der Waals surface area contributed by atoms with Crippen molar-refractivity contribution in [2.45, 2.75) is 20.0 Å². The molecule has 0 spiro atoms. The number of rotatable bonds is 6. The molecular weight excluding hydrogens is 260 g/mol. The normalized spacial score (nSPS) is 10.5. The van der Waals surface area contributed by atoms with Crippen LogP contribution in [0.5, 0.6) is 11.5 Å². The quantitative estimate of drug-likeness (QED) is 0.882. The molecule has 0 unspecified atom stereocenters. The lowest BCUT2D eigenvalue weighted by Crippen LogP contribution is -2.11. The minimum absolute atomic E-state index is 0.768. The van der Waals surface area contributed by atoms with Crippen molar-refractivity contribution in [2.24, 2.45) is 0 Å². The standard InChI is InChI=1S/C14H18N2O2S/c1-10-16-9-14(19-10)8-15-7-11-4-12(17-2)6-13(5-11)18-3/h4-6,9,15H,7-8H2,1-3H3. The third kappa shape index (κ3) is 3.94. The first kappa shape index (κ1) is 13.8. The van der Waals surface area contributed by atoms with Crippen molar-refractivity contribution in [3.63, 3.8) is 0 Å². The Labute approximate surface area is 117 Å². The molecule has 0 aliphatic rings. The van der Waals surface area contributed by atoms with E-state index in [1.54, 1.807) is 25.6 Å². The van der Waals surface area contributed by atoms with Crippen LogP contribution in [0.2, 0.25) is 0 Å². The van der Waals surface area contributed by atoms with Crippen LogP contribution >= 0.6 is 11.3 Å². The molecule has 0 saturated heterocycles. The van der Waals surface area contributed by atoms with Crippen molar-refractivity contribution in [1.29, 1.82) is 0 Å². The first-order chi connectivity index (χ1) is 9.21. The first-order valence-electron chi connectivity index (χ1n) is 6.05. The maximum Gasteiger partial charge on any atom is 0.122 e. The van der Waals surface area contributed by atoms with Crippen LogP contribution in [-0.2, 0) is 13.1 Å². The molecule has 0 atom stereocenters. The van der Waals surface area contributed by atoms with Crippen molar-refractivity contribution in [2.75, 3.05) is 14.2 Å². The van der Waals surface area contributed by atoms with Gasteiger partial charge in [-0.3, -0.25) is 0 Å². The molecular formula is C14H18N2O2S. The fraction of sp³-hybridized carbons (Fsp3) is 0.357. The highest BCUT2D eigenvalue weighted by molar-refractivity contribution is 7.11. The number of thiazole rings is 1. The smallest absolute Gasteiger partial charge is 0.122 e. The van der Waals surface area contributed by atoms with E-state index in [0.29, 0.717) is 0 Å². The third-order valence-corrected chi connectivity index (χ3v) is 3.62. The number of benzene rings is 1. The van der Waals surface area contributed by atoms with E-state index in [1.165, 1.54) is 4.88 Å². The molecule has 0 bridgehead atoms. The Morgan fingerprint density at radius 2 is 1.79 bits per heavy atom. The maximum absolute atomic E-state index is 5.25. The second-order valence-corrected chi connectivity index (χ2v) is 5.49. The van der Waals surface area contributed by atoms with E-state index in [1.807, 2.05) is 31.3 Å². The van der Waals surface area contributed by atoms with E-state index in [4.69, 9.17) is 9.47 Å². The number of nitrogens with zero attached hydrogens (tertiary/aromatic N) is 1. The molecule has 1 aromatic heterocycles. The molecule has 0 aliphatic carbocycles. The minimum atomic E-state index is 0.768. The van der Waals surface area contributed by atoms with Gasteiger partial charge in [-0.05, 0) is 24.6 Å². The predicted octanol–water partition coefficient (Wildman–Crippen LogP) is 2.76. The third-order valence-electron chi connectivity index (χ3n) is 2.71. The van der Waals surface area contributed by atoms with E-state index in [2.05, 4.69) is 10.3 Å². The van der Waals surface area contributed by atoms with Gasteiger partial charge in [0.25, 0.3) is 0 Å². The van der Waals surface area contributed by atoms with Crippen LogP contribution in [0.1, 0.15) is 15.4 Å². The Morgan fingerprint density at radius 3 is 2.32 bits per heavy atom. The van der Waals surface area contributed by atoms with Crippen LogP contribution in [0.25, 0.3) is 0 Å². The van der Waals surface area contributed by atoms with Crippen LogP contribution in [0, 0.1) is 6.92 Å². The van der Waals surface area contributed by atoms with Crippen LogP contribution in [0.3, 0.4) is 0 Å². The second kappa shape index (κ2) is 6.54. The van der Waals surface area contributed by atoms with E-state index in [9.17, 15) is 0 Å². The van der Waals surface area contributed by atoms with Crippen LogP contribution in [0.4, 0.5) is 0 Å². The Bertz CT molecular complexity index is 518. The molecule has 1 N–H and O–H groups in total. The van der Waals surface area contributed by atoms with Crippen LogP contribution in [-0.4, -0.2) is 19.2 Å². The summed E-state index contributed by atoms with van der Waals surface area (Å²) < 4.78 is 10.5. The van der Waals surface area contributed by atoms with Crippen molar-refractivity contribution >= 4 is 11.3 Å². The van der Waals surface area contributed by atoms with E-state index in [0.717, 1.165) is 35.2 Å². The van der Waals surface area contributed by atoms with Gasteiger partial charge in [0.2, 0.25) is 0 Å². The van der Waals surface area contributed by atoms with Crippen molar-refractivity contribution in [3.8, 4) is 11.5 Å². The fourth-order valence-corrected chi connectivity index (χ4v) is 2.55. The van der Waals surface area contributed by atoms with Gasteiger partial charge in [0.05, 0.1) is 19.2 Å². The zero-order valence-electron chi connectivity index (χ0n) is 11.4. The summed E-state index contributed by atoms with van der Waals surface area (Å²) in [4.78, 5) is 5.48. The Morgan fingerprint density at radius 1 is 1.11 bits per heavy atom. The molecule has 0 saturated carbocycles. The topological polar surface area (TPSA) is 43.4 Å². The number of hydrogen-bond acceptors (Lipinski definition) is 5. The molecule has 102 valence electrons. The molecule has 19 heavy (non-hydrogen) atoms. The van der Waals surface area contributed by atoms with Gasteiger partial charge in [0.15, 0.2) is 0 Å². The molecule has 2 aromatic rings. The molecule has 4 nitrogen and oxygen atoms in total. The van der Waals surface area contributed by atoms with Gasteiger partial charge in [0.1, 0.15) is 11.5 Å². The number of aryl methyl sites for hydroxylation is 1. The number of ether oxygens (including phenoxy) is 2. The van der Waals surface area contributed by atoms with Crippen molar-refractivity contribution < 1.29 is 9.47 Å². The highest BCUT2D eigenvalue weighted by Gasteiger charge is 2.02. The summed E-state index contributed by atoms with van der Waals surface area (Å²) in [6, 6.07) is 5.89. The lowest BCUT2D eigenvalue weighted by Gasteiger charge is -2.09. The molecule has 0 amide bonds. The largest absolute Gasteiger partial charge is 0.497 e.